The van der Waals surface area contributed by atoms with Crippen LogP contribution in [0.4, 0.5) is 19.1 Å². The van der Waals surface area contributed by atoms with E-state index in [1.165, 1.54) is 10.8 Å². The maximum Gasteiger partial charge on any atom is 0.207 e. The first-order chi connectivity index (χ1) is 10.0. The second kappa shape index (κ2) is 6.62. The number of hydrogen-bond donors (Lipinski definition) is 1. The number of benzene rings is 1. The van der Waals surface area contributed by atoms with E-state index in [0.717, 1.165) is 12.5 Å². The quantitative estimate of drug-likeness (QED) is 0.658. The van der Waals surface area contributed by atoms with Crippen molar-refractivity contribution in [2.45, 2.75) is 13.3 Å². The Hall–Kier alpha value is -2.02. The smallest absolute Gasteiger partial charge is 0.207 e. The Kier molecular flexibility index (Phi) is 4.85. The monoisotopic (exact) mass is 299 g/mol. The van der Waals surface area contributed by atoms with Crippen molar-refractivity contribution in [2.75, 3.05) is 25.6 Å². The van der Waals surface area contributed by atoms with Gasteiger partial charge in [0.05, 0.1) is 11.4 Å². The van der Waals surface area contributed by atoms with Gasteiger partial charge in [0.1, 0.15) is 5.82 Å². The van der Waals surface area contributed by atoms with E-state index in [-0.39, 0.29) is 5.69 Å². The standard InChI is InChI=1S/C14H16F3N3O/c1-9-8-20(14(19-9)18-4-3-5-21-2)12-7-10(15)6-11(16)13(12)17/h6-8H,3-5H2,1-2H3,(H,18,19). The summed E-state index contributed by atoms with van der Waals surface area (Å²) in [5.74, 6) is -2.87. The van der Waals surface area contributed by atoms with Gasteiger partial charge in [0.15, 0.2) is 11.6 Å². The van der Waals surface area contributed by atoms with Crippen molar-refractivity contribution in [1.29, 1.82) is 0 Å². The van der Waals surface area contributed by atoms with Crippen molar-refractivity contribution in [3.63, 3.8) is 0 Å². The van der Waals surface area contributed by atoms with Gasteiger partial charge in [-0.2, -0.15) is 0 Å². The van der Waals surface area contributed by atoms with E-state index in [0.29, 0.717) is 30.9 Å². The summed E-state index contributed by atoms with van der Waals surface area (Å²) < 4.78 is 46.7. The SMILES string of the molecule is COCCCNc1nc(C)cn1-c1cc(F)cc(F)c1F. The van der Waals surface area contributed by atoms with Crippen LogP contribution in [-0.2, 0) is 4.74 Å². The number of nitrogens with one attached hydrogen (secondary N) is 1. The van der Waals surface area contributed by atoms with E-state index in [9.17, 15) is 13.2 Å². The van der Waals surface area contributed by atoms with Crippen LogP contribution in [0.3, 0.4) is 0 Å². The molecule has 4 nitrogen and oxygen atoms in total. The van der Waals surface area contributed by atoms with Crippen LogP contribution < -0.4 is 5.32 Å². The lowest BCUT2D eigenvalue weighted by atomic mass is 10.2. The highest BCUT2D eigenvalue weighted by Crippen LogP contribution is 2.22. The number of aryl methyl sites for hydroxylation is 1. The lowest BCUT2D eigenvalue weighted by molar-refractivity contribution is 0.197. The number of methoxy groups -OCH3 is 1. The average molecular weight is 299 g/mol. The number of imidazole rings is 1. The minimum atomic E-state index is -1.23. The number of ether oxygens (including phenoxy) is 1. The fourth-order valence-electron chi connectivity index (χ4n) is 1.94. The van der Waals surface area contributed by atoms with Gasteiger partial charge >= 0.3 is 0 Å². The normalized spacial score (nSPS) is 10.9. The zero-order valence-corrected chi connectivity index (χ0v) is 11.8. The second-order valence-electron chi connectivity index (χ2n) is 4.57. The van der Waals surface area contributed by atoms with Crippen molar-refractivity contribution >= 4 is 5.95 Å². The summed E-state index contributed by atoms with van der Waals surface area (Å²) in [5.41, 5.74) is 0.385. The van der Waals surface area contributed by atoms with Gasteiger partial charge in [-0.05, 0) is 13.3 Å². The predicted molar refractivity (Wildman–Crippen MR) is 73.2 cm³/mol. The first kappa shape index (κ1) is 15.4. The number of aromatic nitrogens is 2. The molecule has 114 valence electrons. The first-order valence-electron chi connectivity index (χ1n) is 6.46. The van der Waals surface area contributed by atoms with Crippen LogP contribution in [-0.4, -0.2) is 29.8 Å². The molecule has 0 saturated carbocycles. The third kappa shape index (κ3) is 3.55. The Labute approximate surface area is 120 Å². The molecular formula is C14H16F3N3O. The van der Waals surface area contributed by atoms with Gasteiger partial charge in [-0.15, -0.1) is 0 Å². The molecule has 2 aromatic rings. The molecule has 0 aliphatic carbocycles. The molecule has 0 fully saturated rings. The average Bonchev–Trinajstić information content (AvgIpc) is 2.80. The minimum Gasteiger partial charge on any atom is -0.385 e. The molecule has 21 heavy (non-hydrogen) atoms. The Balaban J connectivity index is 2.31. The van der Waals surface area contributed by atoms with Crippen molar-refractivity contribution in [1.82, 2.24) is 9.55 Å². The van der Waals surface area contributed by atoms with E-state index >= 15 is 0 Å². The van der Waals surface area contributed by atoms with Crippen molar-refractivity contribution in [3.05, 3.63) is 41.5 Å². The van der Waals surface area contributed by atoms with Gasteiger partial charge in [-0.1, -0.05) is 0 Å². The van der Waals surface area contributed by atoms with E-state index in [1.54, 1.807) is 14.0 Å². The molecule has 2 rings (SSSR count). The number of nitrogens with zero attached hydrogens (tertiary/aromatic N) is 2. The zero-order chi connectivity index (χ0) is 15.4. The van der Waals surface area contributed by atoms with Gasteiger partial charge in [0, 0.05) is 38.6 Å². The molecular weight excluding hydrogens is 283 g/mol. The molecule has 1 N–H and O–H groups in total. The van der Waals surface area contributed by atoms with Gasteiger partial charge in [-0.3, -0.25) is 4.57 Å². The molecule has 0 spiro atoms. The third-order valence-electron chi connectivity index (χ3n) is 2.87. The molecule has 1 aromatic carbocycles. The number of hydrogen-bond acceptors (Lipinski definition) is 3. The topological polar surface area (TPSA) is 39.1 Å². The Morgan fingerprint density at radius 2 is 2.05 bits per heavy atom. The van der Waals surface area contributed by atoms with E-state index in [1.807, 2.05) is 0 Å². The predicted octanol–water partition coefficient (Wildman–Crippen LogP) is 3.05. The highest BCUT2D eigenvalue weighted by Gasteiger charge is 2.16. The van der Waals surface area contributed by atoms with Gasteiger partial charge in [0.25, 0.3) is 0 Å². The fraction of sp³-hybridized carbons (Fsp3) is 0.357. The summed E-state index contributed by atoms with van der Waals surface area (Å²) in [6.07, 6.45) is 2.23. The van der Waals surface area contributed by atoms with Crippen molar-refractivity contribution in [2.24, 2.45) is 0 Å². The van der Waals surface area contributed by atoms with Gasteiger partial charge in [-0.25, -0.2) is 18.2 Å². The molecule has 0 saturated heterocycles. The molecule has 0 bridgehead atoms. The van der Waals surface area contributed by atoms with E-state index in [4.69, 9.17) is 4.74 Å². The summed E-state index contributed by atoms with van der Waals surface area (Å²) in [5, 5.41) is 2.99. The van der Waals surface area contributed by atoms with Crippen molar-refractivity contribution < 1.29 is 17.9 Å². The summed E-state index contributed by atoms with van der Waals surface area (Å²) in [6, 6.07) is 1.44. The first-order valence-corrected chi connectivity index (χ1v) is 6.46. The van der Waals surface area contributed by atoms with E-state index < -0.39 is 17.5 Å². The van der Waals surface area contributed by atoms with Crippen LogP contribution in [0.1, 0.15) is 12.1 Å². The molecule has 0 atom stereocenters. The summed E-state index contributed by atoms with van der Waals surface area (Å²) >= 11 is 0. The Bertz CT molecular complexity index is 628. The largest absolute Gasteiger partial charge is 0.385 e. The Morgan fingerprint density at radius 3 is 2.76 bits per heavy atom. The lowest BCUT2D eigenvalue weighted by Gasteiger charge is -2.11. The molecule has 1 heterocycles. The van der Waals surface area contributed by atoms with Crippen LogP contribution >= 0.6 is 0 Å². The second-order valence-corrected chi connectivity index (χ2v) is 4.57. The van der Waals surface area contributed by atoms with Crippen LogP contribution in [0.5, 0.6) is 0 Å². The molecule has 0 radical (unpaired) electrons. The number of anilines is 1. The van der Waals surface area contributed by atoms with E-state index in [2.05, 4.69) is 10.3 Å². The molecule has 0 aliphatic rings. The summed E-state index contributed by atoms with van der Waals surface area (Å²) in [4.78, 5) is 4.18. The summed E-state index contributed by atoms with van der Waals surface area (Å²) in [6.45, 7) is 2.82. The molecule has 0 aliphatic heterocycles. The molecule has 7 heteroatoms. The summed E-state index contributed by atoms with van der Waals surface area (Å²) in [7, 11) is 1.59. The van der Waals surface area contributed by atoms with Crippen LogP contribution in [0.25, 0.3) is 5.69 Å². The minimum absolute atomic E-state index is 0.220. The van der Waals surface area contributed by atoms with Gasteiger partial charge in [0.2, 0.25) is 5.95 Å². The van der Waals surface area contributed by atoms with Crippen LogP contribution in [0.15, 0.2) is 18.3 Å². The highest BCUT2D eigenvalue weighted by molar-refractivity contribution is 5.44. The highest BCUT2D eigenvalue weighted by atomic mass is 19.2. The number of halogens is 3. The maximum atomic E-state index is 13.9. The third-order valence-corrected chi connectivity index (χ3v) is 2.87. The Morgan fingerprint density at radius 1 is 1.29 bits per heavy atom. The zero-order valence-electron chi connectivity index (χ0n) is 11.8. The lowest BCUT2D eigenvalue weighted by Crippen LogP contribution is -2.10. The van der Waals surface area contributed by atoms with Gasteiger partial charge < -0.3 is 10.1 Å². The molecule has 1 aromatic heterocycles. The maximum absolute atomic E-state index is 13.9. The fourth-order valence-corrected chi connectivity index (χ4v) is 1.94. The van der Waals surface area contributed by atoms with Crippen LogP contribution in [0, 0.1) is 24.4 Å². The number of rotatable bonds is 6. The molecule has 0 amide bonds. The van der Waals surface area contributed by atoms with Crippen LogP contribution in [0.2, 0.25) is 0 Å². The molecule has 0 unspecified atom stereocenters. The van der Waals surface area contributed by atoms with Crippen molar-refractivity contribution in [3.8, 4) is 5.69 Å².